The second kappa shape index (κ2) is 9.25. The SMILES string of the molecule is CSc1nc2c(c(N3CCN(C(=O)O)[C@@H](CC#N)C3)n1)CCN(c1cccc(C)c1C)C2. The van der Waals surface area contributed by atoms with Crippen molar-refractivity contribution in [3.63, 3.8) is 0 Å². The zero-order valence-corrected chi connectivity index (χ0v) is 19.5. The number of fused-ring (bicyclic) bond motifs is 1. The fraction of sp³-hybridized carbons (Fsp3) is 0.478. The van der Waals surface area contributed by atoms with Gasteiger partial charge in [-0.1, -0.05) is 23.9 Å². The van der Waals surface area contributed by atoms with Crippen LogP contribution in [0, 0.1) is 25.2 Å². The van der Waals surface area contributed by atoms with Crippen molar-refractivity contribution in [2.75, 3.05) is 42.2 Å². The second-order valence-corrected chi connectivity index (χ2v) is 9.06. The van der Waals surface area contributed by atoms with Crippen LogP contribution in [-0.4, -0.2) is 64.5 Å². The molecule has 1 saturated heterocycles. The smallest absolute Gasteiger partial charge is 0.407 e. The Balaban J connectivity index is 1.65. The first-order valence-electron chi connectivity index (χ1n) is 10.8. The number of aromatic nitrogens is 2. The molecular weight excluding hydrogens is 424 g/mol. The van der Waals surface area contributed by atoms with Gasteiger partial charge in [0.15, 0.2) is 5.16 Å². The van der Waals surface area contributed by atoms with E-state index in [1.807, 2.05) is 6.26 Å². The van der Waals surface area contributed by atoms with Gasteiger partial charge in [-0.15, -0.1) is 0 Å². The summed E-state index contributed by atoms with van der Waals surface area (Å²) in [5.74, 6) is 0.896. The maximum atomic E-state index is 11.6. The van der Waals surface area contributed by atoms with Crippen molar-refractivity contribution in [1.82, 2.24) is 14.9 Å². The summed E-state index contributed by atoms with van der Waals surface area (Å²) in [5.41, 5.74) is 5.99. The van der Waals surface area contributed by atoms with Crippen LogP contribution in [0.15, 0.2) is 23.4 Å². The van der Waals surface area contributed by atoms with Gasteiger partial charge in [-0.25, -0.2) is 14.8 Å². The van der Waals surface area contributed by atoms with Crippen molar-refractivity contribution >= 4 is 29.4 Å². The summed E-state index contributed by atoms with van der Waals surface area (Å²) in [7, 11) is 0. The molecule has 0 aliphatic carbocycles. The van der Waals surface area contributed by atoms with Crippen LogP contribution >= 0.6 is 11.8 Å². The zero-order chi connectivity index (χ0) is 22.8. The van der Waals surface area contributed by atoms with Gasteiger partial charge in [0.1, 0.15) is 5.82 Å². The van der Waals surface area contributed by atoms with E-state index in [1.165, 1.54) is 33.5 Å². The highest BCUT2D eigenvalue weighted by Crippen LogP contribution is 2.33. The van der Waals surface area contributed by atoms with E-state index in [0.717, 1.165) is 41.7 Å². The molecule has 1 fully saturated rings. The number of piperazine rings is 1. The van der Waals surface area contributed by atoms with Gasteiger partial charge in [0.25, 0.3) is 0 Å². The summed E-state index contributed by atoms with van der Waals surface area (Å²) >= 11 is 1.51. The Bertz CT molecular complexity index is 1070. The van der Waals surface area contributed by atoms with Gasteiger partial charge in [0.05, 0.1) is 30.8 Å². The molecule has 4 rings (SSSR count). The number of nitriles is 1. The number of hydrogen-bond acceptors (Lipinski definition) is 7. The molecule has 168 valence electrons. The van der Waals surface area contributed by atoms with E-state index in [2.05, 4.69) is 47.9 Å². The molecule has 3 heterocycles. The summed E-state index contributed by atoms with van der Waals surface area (Å²) in [5, 5.41) is 19.4. The molecule has 32 heavy (non-hydrogen) atoms. The topological polar surface area (TPSA) is 96.6 Å². The van der Waals surface area contributed by atoms with Crippen LogP contribution in [0.1, 0.15) is 28.8 Å². The summed E-state index contributed by atoms with van der Waals surface area (Å²) < 4.78 is 0. The number of aryl methyl sites for hydroxylation is 1. The molecule has 0 bridgehead atoms. The lowest BCUT2D eigenvalue weighted by Gasteiger charge is -2.41. The summed E-state index contributed by atoms with van der Waals surface area (Å²) in [6.45, 7) is 7.30. The molecule has 0 saturated carbocycles. The van der Waals surface area contributed by atoms with E-state index in [0.29, 0.717) is 19.6 Å². The summed E-state index contributed by atoms with van der Waals surface area (Å²) in [6, 6.07) is 8.19. The number of thioether (sulfide) groups is 1. The molecule has 1 aromatic heterocycles. The van der Waals surface area contributed by atoms with Crippen molar-refractivity contribution in [2.24, 2.45) is 0 Å². The lowest BCUT2D eigenvalue weighted by molar-refractivity contribution is 0.119. The number of anilines is 2. The lowest BCUT2D eigenvalue weighted by atomic mass is 10.0. The first-order valence-corrected chi connectivity index (χ1v) is 12.0. The van der Waals surface area contributed by atoms with Crippen LogP contribution < -0.4 is 9.80 Å². The largest absolute Gasteiger partial charge is 0.465 e. The molecule has 0 radical (unpaired) electrons. The molecule has 8 nitrogen and oxygen atoms in total. The Hall–Kier alpha value is -2.99. The Morgan fingerprint density at radius 1 is 1.25 bits per heavy atom. The molecule has 1 atom stereocenters. The van der Waals surface area contributed by atoms with E-state index in [9.17, 15) is 15.2 Å². The molecule has 2 aliphatic rings. The Morgan fingerprint density at radius 2 is 2.06 bits per heavy atom. The van der Waals surface area contributed by atoms with Gasteiger partial charge >= 0.3 is 6.09 Å². The molecule has 9 heteroatoms. The average molecular weight is 453 g/mol. The highest BCUT2D eigenvalue weighted by atomic mass is 32.2. The molecule has 2 aromatic rings. The van der Waals surface area contributed by atoms with E-state index in [4.69, 9.17) is 9.97 Å². The summed E-state index contributed by atoms with van der Waals surface area (Å²) in [6.07, 6.45) is 2.00. The average Bonchev–Trinajstić information content (AvgIpc) is 2.79. The minimum absolute atomic E-state index is 0.172. The van der Waals surface area contributed by atoms with Gasteiger partial charge in [-0.3, -0.25) is 0 Å². The first kappa shape index (κ1) is 22.2. The second-order valence-electron chi connectivity index (χ2n) is 8.29. The van der Waals surface area contributed by atoms with E-state index < -0.39 is 6.09 Å². The van der Waals surface area contributed by atoms with Crippen LogP contribution in [0.3, 0.4) is 0 Å². The number of carbonyl (C=O) groups is 1. The van der Waals surface area contributed by atoms with E-state index in [-0.39, 0.29) is 12.5 Å². The molecule has 1 amide bonds. The number of rotatable bonds is 4. The standard InChI is InChI=1S/C23H28N6O2S/c1-15-5-4-6-20(16(15)2)27-10-8-18-19(14-27)25-22(32-3)26-21(18)28-11-12-29(23(30)31)17(13-28)7-9-24/h4-6,17H,7-8,10-14H2,1-3H3,(H,30,31)/t17-/m0/s1. The highest BCUT2D eigenvalue weighted by Gasteiger charge is 2.33. The summed E-state index contributed by atoms with van der Waals surface area (Å²) in [4.78, 5) is 27.2. The minimum Gasteiger partial charge on any atom is -0.465 e. The minimum atomic E-state index is -0.969. The Kier molecular flexibility index (Phi) is 6.42. The number of benzene rings is 1. The van der Waals surface area contributed by atoms with Crippen LogP contribution in [0.4, 0.5) is 16.3 Å². The Morgan fingerprint density at radius 3 is 2.78 bits per heavy atom. The molecule has 0 unspecified atom stereocenters. The van der Waals surface area contributed by atoms with Crippen molar-refractivity contribution in [1.29, 1.82) is 5.26 Å². The lowest BCUT2D eigenvalue weighted by Crippen LogP contribution is -2.55. The third-order valence-corrected chi connectivity index (χ3v) is 7.02. The first-order chi connectivity index (χ1) is 15.4. The van der Waals surface area contributed by atoms with Crippen molar-refractivity contribution < 1.29 is 9.90 Å². The molecule has 0 spiro atoms. The number of amides is 1. The van der Waals surface area contributed by atoms with Crippen LogP contribution in [-0.2, 0) is 13.0 Å². The maximum Gasteiger partial charge on any atom is 0.407 e. The van der Waals surface area contributed by atoms with Crippen molar-refractivity contribution in [2.45, 2.75) is 44.4 Å². The van der Waals surface area contributed by atoms with Gasteiger partial charge < -0.3 is 19.8 Å². The molecule has 2 aliphatic heterocycles. The number of nitrogens with zero attached hydrogens (tertiary/aromatic N) is 6. The molecule has 1 aromatic carbocycles. The fourth-order valence-electron chi connectivity index (χ4n) is 4.60. The van der Waals surface area contributed by atoms with Crippen LogP contribution in [0.25, 0.3) is 0 Å². The molecule has 1 N–H and O–H groups in total. The fourth-order valence-corrected chi connectivity index (χ4v) is 4.98. The quantitative estimate of drug-likeness (QED) is 0.556. The molecular formula is C23H28N6O2S. The van der Waals surface area contributed by atoms with Gasteiger partial charge in [0.2, 0.25) is 0 Å². The monoisotopic (exact) mass is 452 g/mol. The van der Waals surface area contributed by atoms with Crippen LogP contribution in [0.2, 0.25) is 0 Å². The predicted molar refractivity (Wildman–Crippen MR) is 125 cm³/mol. The maximum absolute atomic E-state index is 11.6. The Labute approximate surface area is 192 Å². The van der Waals surface area contributed by atoms with Gasteiger partial charge in [-0.05, 0) is 43.7 Å². The van der Waals surface area contributed by atoms with Gasteiger partial charge in [0, 0.05) is 37.4 Å². The van der Waals surface area contributed by atoms with E-state index in [1.54, 1.807) is 0 Å². The highest BCUT2D eigenvalue weighted by molar-refractivity contribution is 7.98. The van der Waals surface area contributed by atoms with Gasteiger partial charge in [-0.2, -0.15) is 5.26 Å². The zero-order valence-electron chi connectivity index (χ0n) is 18.7. The number of hydrogen-bond donors (Lipinski definition) is 1. The predicted octanol–water partition coefficient (Wildman–Crippen LogP) is 3.46. The third-order valence-electron chi connectivity index (χ3n) is 6.48. The van der Waals surface area contributed by atoms with Crippen molar-refractivity contribution in [3.8, 4) is 6.07 Å². The normalized spacial score (nSPS) is 18.3. The van der Waals surface area contributed by atoms with E-state index >= 15 is 0 Å². The van der Waals surface area contributed by atoms with Crippen LogP contribution in [0.5, 0.6) is 0 Å². The third kappa shape index (κ3) is 4.19. The number of carboxylic acid groups (broad SMARTS) is 1. The van der Waals surface area contributed by atoms with Crippen molar-refractivity contribution in [3.05, 3.63) is 40.6 Å².